The van der Waals surface area contributed by atoms with Gasteiger partial charge in [-0.2, -0.15) is 0 Å². The van der Waals surface area contributed by atoms with Gasteiger partial charge in [-0.25, -0.2) is 4.79 Å². The summed E-state index contributed by atoms with van der Waals surface area (Å²) in [5.41, 5.74) is 9.08. The Labute approximate surface area is 132 Å². The van der Waals surface area contributed by atoms with Crippen LogP contribution in [0.3, 0.4) is 0 Å². The summed E-state index contributed by atoms with van der Waals surface area (Å²) in [5.74, 6) is -0.387. The number of anilines is 2. The van der Waals surface area contributed by atoms with Gasteiger partial charge in [0.25, 0.3) is 0 Å². The van der Waals surface area contributed by atoms with Crippen LogP contribution in [0.2, 0.25) is 0 Å². The number of methoxy groups -OCH3 is 1. The number of carbonyl (C=O) groups excluding carboxylic acids is 1. The van der Waals surface area contributed by atoms with Crippen LogP contribution in [-0.4, -0.2) is 20.1 Å². The molecule has 0 saturated carbocycles. The first-order valence-electron chi connectivity index (χ1n) is 6.45. The fourth-order valence-corrected chi connectivity index (χ4v) is 2.52. The van der Waals surface area contributed by atoms with Crippen LogP contribution in [0.15, 0.2) is 46.9 Å². The summed E-state index contributed by atoms with van der Waals surface area (Å²) >= 11 is 3.54. The van der Waals surface area contributed by atoms with Crippen molar-refractivity contribution in [3.8, 4) is 0 Å². The molecule has 0 spiro atoms. The molecule has 2 aromatic carbocycles. The number of nitrogens with zero attached hydrogens (tertiary/aromatic N) is 1. The Bertz CT molecular complexity index is 658. The third kappa shape index (κ3) is 3.55. The summed E-state index contributed by atoms with van der Waals surface area (Å²) < 4.78 is 5.75. The Morgan fingerprint density at radius 3 is 2.62 bits per heavy atom. The maximum atomic E-state index is 11.5. The number of rotatable bonds is 4. The second-order valence-electron chi connectivity index (χ2n) is 4.71. The van der Waals surface area contributed by atoms with E-state index in [9.17, 15) is 4.79 Å². The van der Waals surface area contributed by atoms with E-state index in [4.69, 9.17) is 5.73 Å². The molecule has 4 nitrogen and oxygen atoms in total. The van der Waals surface area contributed by atoms with Crippen LogP contribution in [0.1, 0.15) is 15.9 Å². The normalized spacial score (nSPS) is 10.2. The van der Waals surface area contributed by atoms with Gasteiger partial charge in [0, 0.05) is 18.1 Å². The number of esters is 1. The van der Waals surface area contributed by atoms with E-state index in [-0.39, 0.29) is 5.97 Å². The summed E-state index contributed by atoms with van der Waals surface area (Å²) in [6, 6.07) is 13.2. The topological polar surface area (TPSA) is 55.6 Å². The number of benzene rings is 2. The van der Waals surface area contributed by atoms with E-state index >= 15 is 0 Å². The molecule has 0 unspecified atom stereocenters. The van der Waals surface area contributed by atoms with Crippen LogP contribution in [-0.2, 0) is 11.3 Å². The van der Waals surface area contributed by atoms with Crippen molar-refractivity contribution in [2.45, 2.75) is 6.54 Å². The van der Waals surface area contributed by atoms with Gasteiger partial charge in [0.15, 0.2) is 0 Å². The van der Waals surface area contributed by atoms with Crippen molar-refractivity contribution >= 4 is 33.3 Å². The van der Waals surface area contributed by atoms with E-state index in [0.717, 1.165) is 15.7 Å². The molecule has 0 saturated heterocycles. The molecule has 0 aliphatic heterocycles. The summed E-state index contributed by atoms with van der Waals surface area (Å²) in [6.45, 7) is 0.712. The average molecular weight is 349 g/mol. The number of ether oxygens (including phenoxy) is 1. The molecule has 0 atom stereocenters. The zero-order valence-corrected chi connectivity index (χ0v) is 13.6. The van der Waals surface area contributed by atoms with E-state index in [1.165, 1.54) is 7.11 Å². The highest BCUT2D eigenvalue weighted by Gasteiger charge is 2.11. The van der Waals surface area contributed by atoms with Gasteiger partial charge in [-0.3, -0.25) is 0 Å². The van der Waals surface area contributed by atoms with Gasteiger partial charge in [-0.15, -0.1) is 0 Å². The fourth-order valence-electron chi connectivity index (χ4n) is 2.11. The summed E-state index contributed by atoms with van der Waals surface area (Å²) in [4.78, 5) is 13.5. The minimum absolute atomic E-state index is 0.387. The highest BCUT2D eigenvalue weighted by atomic mass is 79.9. The van der Waals surface area contributed by atoms with Gasteiger partial charge in [0.2, 0.25) is 0 Å². The lowest BCUT2D eigenvalue weighted by molar-refractivity contribution is 0.0601. The SMILES string of the molecule is COC(=O)c1ccc(N(C)Cc2ccccc2Br)c(N)c1. The third-order valence-corrected chi connectivity index (χ3v) is 4.00. The molecule has 0 aliphatic rings. The molecule has 0 heterocycles. The van der Waals surface area contributed by atoms with Crippen molar-refractivity contribution in [3.05, 3.63) is 58.1 Å². The molecule has 0 aliphatic carbocycles. The maximum absolute atomic E-state index is 11.5. The van der Waals surface area contributed by atoms with Gasteiger partial charge in [0.05, 0.1) is 24.0 Å². The first kappa shape index (κ1) is 15.4. The van der Waals surface area contributed by atoms with Crippen LogP contribution < -0.4 is 10.6 Å². The van der Waals surface area contributed by atoms with Gasteiger partial charge in [-0.1, -0.05) is 34.1 Å². The van der Waals surface area contributed by atoms with Gasteiger partial charge in [0.1, 0.15) is 0 Å². The molecule has 21 heavy (non-hydrogen) atoms. The zero-order chi connectivity index (χ0) is 15.4. The van der Waals surface area contributed by atoms with Gasteiger partial charge in [-0.05, 0) is 29.8 Å². The Morgan fingerprint density at radius 1 is 1.29 bits per heavy atom. The quantitative estimate of drug-likeness (QED) is 0.679. The van der Waals surface area contributed by atoms with Crippen LogP contribution in [0.25, 0.3) is 0 Å². The Kier molecular flexibility index (Phi) is 4.85. The van der Waals surface area contributed by atoms with E-state index in [1.54, 1.807) is 12.1 Å². The predicted molar refractivity (Wildman–Crippen MR) is 88.4 cm³/mol. The molecule has 0 amide bonds. The first-order valence-corrected chi connectivity index (χ1v) is 7.24. The third-order valence-electron chi connectivity index (χ3n) is 3.23. The minimum Gasteiger partial charge on any atom is -0.465 e. The smallest absolute Gasteiger partial charge is 0.337 e. The molecule has 0 bridgehead atoms. The standard InChI is InChI=1S/C16H17BrN2O2/c1-19(10-12-5-3-4-6-13(12)17)15-8-7-11(9-14(15)18)16(20)21-2/h3-9H,10,18H2,1-2H3. The molecular weight excluding hydrogens is 332 g/mol. The number of carbonyl (C=O) groups is 1. The second kappa shape index (κ2) is 6.63. The molecule has 0 radical (unpaired) electrons. The number of hydrogen-bond donors (Lipinski definition) is 1. The van der Waals surface area contributed by atoms with Crippen LogP contribution >= 0.6 is 15.9 Å². The summed E-state index contributed by atoms with van der Waals surface area (Å²) in [6.07, 6.45) is 0. The summed E-state index contributed by atoms with van der Waals surface area (Å²) in [7, 11) is 3.31. The molecule has 0 fully saturated rings. The molecule has 2 N–H and O–H groups in total. The molecule has 5 heteroatoms. The molecule has 110 valence electrons. The van der Waals surface area contributed by atoms with E-state index in [2.05, 4.69) is 26.7 Å². The molecule has 0 aromatic heterocycles. The monoisotopic (exact) mass is 348 g/mol. The van der Waals surface area contributed by atoms with Crippen molar-refractivity contribution in [1.82, 2.24) is 0 Å². The average Bonchev–Trinajstić information content (AvgIpc) is 2.48. The molecule has 2 rings (SSSR count). The van der Waals surface area contributed by atoms with Crippen LogP contribution in [0, 0.1) is 0 Å². The Morgan fingerprint density at radius 2 is 2.00 bits per heavy atom. The van der Waals surface area contributed by atoms with Crippen LogP contribution in [0.4, 0.5) is 11.4 Å². The second-order valence-corrected chi connectivity index (χ2v) is 5.57. The number of nitrogens with two attached hydrogens (primary N) is 1. The van der Waals surface area contributed by atoms with Gasteiger partial charge >= 0.3 is 5.97 Å². The zero-order valence-electron chi connectivity index (χ0n) is 12.0. The van der Waals surface area contributed by atoms with E-state index < -0.39 is 0 Å². The number of halogens is 1. The first-order chi connectivity index (χ1) is 10.0. The van der Waals surface area contributed by atoms with E-state index in [1.807, 2.05) is 36.2 Å². The maximum Gasteiger partial charge on any atom is 0.337 e. The number of hydrogen-bond acceptors (Lipinski definition) is 4. The minimum atomic E-state index is -0.387. The lowest BCUT2D eigenvalue weighted by Gasteiger charge is -2.22. The molecular formula is C16H17BrN2O2. The summed E-state index contributed by atoms with van der Waals surface area (Å²) in [5, 5.41) is 0. The highest BCUT2D eigenvalue weighted by molar-refractivity contribution is 9.10. The van der Waals surface area contributed by atoms with Gasteiger partial charge < -0.3 is 15.4 Å². The van der Waals surface area contributed by atoms with Crippen molar-refractivity contribution in [1.29, 1.82) is 0 Å². The van der Waals surface area contributed by atoms with Crippen LogP contribution in [0.5, 0.6) is 0 Å². The van der Waals surface area contributed by atoms with Crippen molar-refractivity contribution in [2.24, 2.45) is 0 Å². The fraction of sp³-hybridized carbons (Fsp3) is 0.188. The van der Waals surface area contributed by atoms with Crippen molar-refractivity contribution in [2.75, 3.05) is 24.8 Å². The van der Waals surface area contributed by atoms with Crippen molar-refractivity contribution < 1.29 is 9.53 Å². The Hall–Kier alpha value is -2.01. The Balaban J connectivity index is 2.22. The highest BCUT2D eigenvalue weighted by Crippen LogP contribution is 2.26. The molecule has 2 aromatic rings. The largest absolute Gasteiger partial charge is 0.465 e. The predicted octanol–water partition coefficient (Wildman–Crippen LogP) is 3.45. The van der Waals surface area contributed by atoms with E-state index in [0.29, 0.717) is 17.8 Å². The lowest BCUT2D eigenvalue weighted by atomic mass is 10.1. The number of nitrogen functional groups attached to an aromatic ring is 1. The van der Waals surface area contributed by atoms with Crippen molar-refractivity contribution in [3.63, 3.8) is 0 Å². The lowest BCUT2D eigenvalue weighted by Crippen LogP contribution is -2.18.